The number of anilines is 1. The van der Waals surface area contributed by atoms with E-state index in [0.717, 1.165) is 22.4 Å². The minimum atomic E-state index is -0.285. The zero-order valence-electron chi connectivity index (χ0n) is 15.4. The van der Waals surface area contributed by atoms with E-state index in [-0.39, 0.29) is 11.2 Å². The molecule has 0 aliphatic rings. The zero-order chi connectivity index (χ0) is 18.7. The highest BCUT2D eigenvalue weighted by molar-refractivity contribution is 8.00. The molecule has 1 aromatic heterocycles. The van der Waals surface area contributed by atoms with Crippen LogP contribution >= 0.6 is 11.8 Å². The minimum absolute atomic E-state index is 0.0256. The average Bonchev–Trinajstić information content (AvgIpc) is 3.01. The highest BCUT2D eigenvalue weighted by Crippen LogP contribution is 2.27. The number of carbonyl (C=O) groups is 1. The van der Waals surface area contributed by atoms with Gasteiger partial charge < -0.3 is 4.90 Å². The lowest BCUT2D eigenvalue weighted by molar-refractivity contribution is -0.117. The second kappa shape index (κ2) is 7.74. The molecule has 5 nitrogen and oxygen atoms in total. The molecule has 6 heteroatoms. The lowest BCUT2D eigenvalue weighted by Crippen LogP contribution is -2.33. The van der Waals surface area contributed by atoms with Crippen LogP contribution in [0.2, 0.25) is 0 Å². The van der Waals surface area contributed by atoms with Gasteiger partial charge in [-0.2, -0.15) is 0 Å². The molecule has 0 spiro atoms. The molecule has 1 unspecified atom stereocenters. The molecule has 0 aliphatic heterocycles. The summed E-state index contributed by atoms with van der Waals surface area (Å²) in [7, 11) is 1.80. The quantitative estimate of drug-likeness (QED) is 0.640. The van der Waals surface area contributed by atoms with Gasteiger partial charge in [-0.3, -0.25) is 9.36 Å². The fourth-order valence-electron chi connectivity index (χ4n) is 2.74. The van der Waals surface area contributed by atoms with Crippen molar-refractivity contribution in [1.29, 1.82) is 0 Å². The van der Waals surface area contributed by atoms with E-state index in [1.165, 1.54) is 17.3 Å². The third-order valence-corrected chi connectivity index (χ3v) is 5.19. The van der Waals surface area contributed by atoms with Crippen molar-refractivity contribution in [3.8, 4) is 5.69 Å². The number of nitrogens with zero attached hydrogens (tertiary/aromatic N) is 4. The number of hydrogen-bond acceptors (Lipinski definition) is 4. The number of benzene rings is 2. The number of rotatable bonds is 5. The van der Waals surface area contributed by atoms with Crippen molar-refractivity contribution in [2.75, 3.05) is 11.9 Å². The first-order valence-electron chi connectivity index (χ1n) is 8.45. The Kier molecular flexibility index (Phi) is 5.42. The van der Waals surface area contributed by atoms with Crippen molar-refractivity contribution in [2.45, 2.75) is 31.2 Å². The Labute approximate surface area is 158 Å². The summed E-state index contributed by atoms with van der Waals surface area (Å²) >= 11 is 1.42. The Morgan fingerprint density at radius 2 is 1.81 bits per heavy atom. The molecule has 1 amide bonds. The first-order chi connectivity index (χ1) is 12.5. The molecule has 2 aromatic carbocycles. The third-order valence-electron chi connectivity index (χ3n) is 4.16. The molecular formula is C20H22N4OS. The SMILES string of the molecule is Cc1cccc(-n2c(C)nnc2SC(C)C(=O)N(C)c2ccccc2)c1. The standard InChI is InChI=1S/C20H22N4OS/c1-14-9-8-12-18(13-14)24-16(3)21-22-20(24)26-15(2)19(25)23(4)17-10-6-5-7-11-17/h5-13,15H,1-4H3. The van der Waals surface area contributed by atoms with Gasteiger partial charge in [-0.25, -0.2) is 0 Å². The maximum Gasteiger partial charge on any atom is 0.240 e. The average molecular weight is 366 g/mol. The summed E-state index contributed by atoms with van der Waals surface area (Å²) in [5.74, 6) is 0.826. The Balaban J connectivity index is 1.82. The molecule has 1 heterocycles. The van der Waals surface area contributed by atoms with E-state index in [0.29, 0.717) is 0 Å². The van der Waals surface area contributed by atoms with Crippen LogP contribution in [-0.2, 0) is 4.79 Å². The summed E-state index contributed by atoms with van der Waals surface area (Å²) in [4.78, 5) is 14.5. The van der Waals surface area contributed by atoms with Crippen LogP contribution in [0, 0.1) is 13.8 Å². The summed E-state index contributed by atoms with van der Waals surface area (Å²) in [6.45, 7) is 5.87. The summed E-state index contributed by atoms with van der Waals surface area (Å²) < 4.78 is 1.99. The van der Waals surface area contributed by atoms with Crippen LogP contribution in [0.25, 0.3) is 5.69 Å². The van der Waals surface area contributed by atoms with Crippen molar-refractivity contribution in [2.24, 2.45) is 0 Å². The first-order valence-corrected chi connectivity index (χ1v) is 9.33. The van der Waals surface area contributed by atoms with E-state index in [2.05, 4.69) is 29.3 Å². The van der Waals surface area contributed by atoms with E-state index >= 15 is 0 Å². The van der Waals surface area contributed by atoms with E-state index in [9.17, 15) is 4.79 Å². The number of aromatic nitrogens is 3. The van der Waals surface area contributed by atoms with Crippen molar-refractivity contribution in [3.05, 3.63) is 66.0 Å². The van der Waals surface area contributed by atoms with Gasteiger partial charge >= 0.3 is 0 Å². The molecule has 0 saturated carbocycles. The van der Waals surface area contributed by atoms with Gasteiger partial charge in [-0.1, -0.05) is 42.1 Å². The molecule has 0 fully saturated rings. The van der Waals surface area contributed by atoms with Crippen LogP contribution in [0.5, 0.6) is 0 Å². The van der Waals surface area contributed by atoms with Gasteiger partial charge in [0.15, 0.2) is 5.16 Å². The van der Waals surface area contributed by atoms with Gasteiger partial charge in [-0.05, 0) is 50.6 Å². The highest BCUT2D eigenvalue weighted by atomic mass is 32.2. The van der Waals surface area contributed by atoms with Gasteiger partial charge in [0, 0.05) is 18.4 Å². The molecule has 134 valence electrons. The van der Waals surface area contributed by atoms with Crippen LogP contribution in [0.4, 0.5) is 5.69 Å². The topological polar surface area (TPSA) is 51.0 Å². The van der Waals surface area contributed by atoms with Crippen LogP contribution in [0.15, 0.2) is 59.8 Å². The molecule has 0 saturated heterocycles. The fourth-order valence-corrected chi connectivity index (χ4v) is 3.75. The van der Waals surface area contributed by atoms with E-state index in [1.54, 1.807) is 11.9 Å². The summed E-state index contributed by atoms with van der Waals surface area (Å²) in [5.41, 5.74) is 3.05. The summed E-state index contributed by atoms with van der Waals surface area (Å²) in [6.07, 6.45) is 0. The molecule has 3 aromatic rings. The molecule has 0 N–H and O–H groups in total. The molecule has 0 bridgehead atoms. The third kappa shape index (κ3) is 3.80. The predicted molar refractivity (Wildman–Crippen MR) is 106 cm³/mol. The van der Waals surface area contributed by atoms with Gasteiger partial charge in [0.05, 0.1) is 5.25 Å². The normalized spacial score (nSPS) is 12.0. The van der Waals surface area contributed by atoms with Crippen LogP contribution < -0.4 is 4.90 Å². The Hall–Kier alpha value is -2.60. The maximum absolute atomic E-state index is 12.8. The molecular weight excluding hydrogens is 344 g/mol. The van der Waals surface area contributed by atoms with Crippen molar-refractivity contribution < 1.29 is 4.79 Å². The van der Waals surface area contributed by atoms with Crippen molar-refractivity contribution in [3.63, 3.8) is 0 Å². The van der Waals surface area contributed by atoms with Gasteiger partial charge in [0.25, 0.3) is 0 Å². The molecule has 0 radical (unpaired) electrons. The Morgan fingerprint density at radius 3 is 2.50 bits per heavy atom. The number of carbonyl (C=O) groups excluding carboxylic acids is 1. The predicted octanol–water partition coefficient (Wildman–Crippen LogP) is 4.03. The molecule has 3 rings (SSSR count). The number of thioether (sulfide) groups is 1. The smallest absolute Gasteiger partial charge is 0.240 e. The van der Waals surface area contributed by atoms with Crippen molar-refractivity contribution in [1.82, 2.24) is 14.8 Å². The van der Waals surface area contributed by atoms with Gasteiger partial charge in [-0.15, -0.1) is 10.2 Å². The second-order valence-corrected chi connectivity index (χ2v) is 7.51. The molecule has 0 aliphatic carbocycles. The number of hydrogen-bond donors (Lipinski definition) is 0. The fraction of sp³-hybridized carbons (Fsp3) is 0.250. The zero-order valence-corrected chi connectivity index (χ0v) is 16.2. The van der Waals surface area contributed by atoms with Crippen LogP contribution in [0.3, 0.4) is 0 Å². The second-order valence-electron chi connectivity index (χ2n) is 6.20. The van der Waals surface area contributed by atoms with Gasteiger partial charge in [0.2, 0.25) is 5.91 Å². The Morgan fingerprint density at radius 1 is 1.08 bits per heavy atom. The largest absolute Gasteiger partial charge is 0.315 e. The van der Waals surface area contributed by atoms with Gasteiger partial charge in [0.1, 0.15) is 5.82 Å². The lowest BCUT2D eigenvalue weighted by atomic mass is 10.2. The van der Waals surface area contributed by atoms with Crippen molar-refractivity contribution >= 4 is 23.4 Å². The van der Waals surface area contributed by atoms with E-state index in [4.69, 9.17) is 0 Å². The number of para-hydroxylation sites is 1. The molecule has 26 heavy (non-hydrogen) atoms. The maximum atomic E-state index is 12.8. The lowest BCUT2D eigenvalue weighted by Gasteiger charge is -2.21. The van der Waals surface area contributed by atoms with E-state index in [1.807, 2.05) is 60.9 Å². The van der Waals surface area contributed by atoms with E-state index < -0.39 is 0 Å². The number of aryl methyl sites for hydroxylation is 2. The van der Waals surface area contributed by atoms with Crippen LogP contribution in [0.1, 0.15) is 18.3 Å². The highest BCUT2D eigenvalue weighted by Gasteiger charge is 2.23. The van der Waals surface area contributed by atoms with Crippen LogP contribution in [-0.4, -0.2) is 33.0 Å². The Bertz CT molecular complexity index is 907. The monoisotopic (exact) mass is 366 g/mol. The first kappa shape index (κ1) is 18.2. The minimum Gasteiger partial charge on any atom is -0.315 e. The number of amides is 1. The summed E-state index contributed by atoms with van der Waals surface area (Å²) in [6, 6.07) is 17.8. The summed E-state index contributed by atoms with van der Waals surface area (Å²) in [5, 5.41) is 8.92. The molecule has 1 atom stereocenters.